The van der Waals surface area contributed by atoms with Gasteiger partial charge in [-0.3, -0.25) is 4.79 Å². The van der Waals surface area contributed by atoms with Crippen molar-refractivity contribution in [1.82, 2.24) is 0 Å². The lowest BCUT2D eigenvalue weighted by atomic mass is 10.2. The molecule has 3 aromatic rings. The fourth-order valence-electron chi connectivity index (χ4n) is 2.39. The lowest BCUT2D eigenvalue weighted by molar-refractivity contribution is 0.241. The molecule has 0 fully saturated rings. The number of rotatable bonds is 5. The van der Waals surface area contributed by atoms with Crippen LogP contribution in [0, 0.1) is 0 Å². The lowest BCUT2D eigenvalue weighted by Gasteiger charge is -2.13. The van der Waals surface area contributed by atoms with Crippen molar-refractivity contribution in [2.24, 2.45) is 0 Å². The summed E-state index contributed by atoms with van der Waals surface area (Å²) >= 11 is 1.30. The van der Waals surface area contributed by atoms with E-state index < -0.39 is 0 Å². The van der Waals surface area contributed by atoms with Gasteiger partial charge >= 0.3 is 0 Å². The normalized spacial score (nSPS) is 11.0. The Bertz CT molecular complexity index is 944. The summed E-state index contributed by atoms with van der Waals surface area (Å²) in [5.41, 5.74) is 0.222. The number of benzene rings is 2. The van der Waals surface area contributed by atoms with Crippen LogP contribution in [-0.4, -0.2) is 18.3 Å². The summed E-state index contributed by atoms with van der Waals surface area (Å²) in [5.74, 6) is 1.18. The molecular weight excluding hydrogens is 340 g/mol. The highest BCUT2D eigenvalue weighted by atomic mass is 32.2. The smallest absolute Gasteiger partial charge is 0.197 e. The maximum atomic E-state index is 12.5. The molecule has 0 saturated carbocycles. The van der Waals surface area contributed by atoms with Gasteiger partial charge in [0, 0.05) is 23.1 Å². The van der Waals surface area contributed by atoms with Crippen LogP contribution in [0.2, 0.25) is 0 Å². The number of hydrogen-bond donors (Lipinski definition) is 1. The van der Waals surface area contributed by atoms with Crippen LogP contribution in [-0.2, 0) is 0 Å². The molecule has 25 heavy (non-hydrogen) atoms. The highest BCUT2D eigenvalue weighted by Crippen LogP contribution is 2.34. The molecule has 2 aromatic carbocycles. The molecule has 1 N–H and O–H groups in total. The Hall–Kier alpha value is -2.60. The van der Waals surface area contributed by atoms with Crippen molar-refractivity contribution >= 4 is 22.7 Å². The molecule has 1 heterocycles. The van der Waals surface area contributed by atoms with Gasteiger partial charge in [-0.1, -0.05) is 11.8 Å². The van der Waals surface area contributed by atoms with Gasteiger partial charge in [-0.2, -0.15) is 0 Å². The molecule has 0 amide bonds. The molecular formula is C19H18O5S. The van der Waals surface area contributed by atoms with Gasteiger partial charge in [-0.05, 0) is 38.1 Å². The van der Waals surface area contributed by atoms with Gasteiger partial charge in [0.05, 0.1) is 13.2 Å². The highest BCUT2D eigenvalue weighted by Gasteiger charge is 2.14. The van der Waals surface area contributed by atoms with Crippen molar-refractivity contribution in [3.63, 3.8) is 0 Å². The second-order valence-corrected chi connectivity index (χ2v) is 6.77. The van der Waals surface area contributed by atoms with E-state index in [0.29, 0.717) is 27.6 Å². The second kappa shape index (κ2) is 7.11. The van der Waals surface area contributed by atoms with Crippen LogP contribution < -0.4 is 14.9 Å². The number of phenols is 1. The predicted molar refractivity (Wildman–Crippen MR) is 97.0 cm³/mol. The molecule has 1 aromatic heterocycles. The highest BCUT2D eigenvalue weighted by molar-refractivity contribution is 7.99. The largest absolute Gasteiger partial charge is 0.508 e. The fraction of sp³-hybridized carbons (Fsp3) is 0.211. The van der Waals surface area contributed by atoms with Gasteiger partial charge in [-0.15, -0.1) is 0 Å². The summed E-state index contributed by atoms with van der Waals surface area (Å²) < 4.78 is 16.9. The first kappa shape index (κ1) is 17.2. The zero-order chi connectivity index (χ0) is 18.0. The van der Waals surface area contributed by atoms with Crippen molar-refractivity contribution in [2.45, 2.75) is 29.9 Å². The molecule has 0 spiro atoms. The van der Waals surface area contributed by atoms with E-state index in [1.165, 1.54) is 24.9 Å². The summed E-state index contributed by atoms with van der Waals surface area (Å²) in [6.45, 7) is 3.84. The second-order valence-electron chi connectivity index (χ2n) is 5.69. The lowest BCUT2D eigenvalue weighted by Crippen LogP contribution is -2.07. The molecule has 0 atom stereocenters. The van der Waals surface area contributed by atoms with Crippen molar-refractivity contribution in [2.75, 3.05) is 7.11 Å². The Morgan fingerprint density at radius 3 is 2.48 bits per heavy atom. The van der Waals surface area contributed by atoms with Crippen molar-refractivity contribution in [3.05, 3.63) is 52.7 Å². The van der Waals surface area contributed by atoms with Gasteiger partial charge in [-0.25, -0.2) is 0 Å². The van der Waals surface area contributed by atoms with Crippen LogP contribution in [0.4, 0.5) is 0 Å². The third-order valence-corrected chi connectivity index (χ3v) is 4.30. The van der Waals surface area contributed by atoms with E-state index in [4.69, 9.17) is 13.9 Å². The summed E-state index contributed by atoms with van der Waals surface area (Å²) in [6.07, 6.45) is -0.0107. The number of fused-ring (bicyclic) bond motifs is 1. The number of aromatic hydroxyl groups is 1. The van der Waals surface area contributed by atoms with Crippen molar-refractivity contribution in [3.8, 4) is 17.2 Å². The van der Waals surface area contributed by atoms with E-state index in [2.05, 4.69) is 0 Å². The third-order valence-electron chi connectivity index (χ3n) is 3.39. The Labute approximate surface area is 149 Å². The molecule has 5 nitrogen and oxygen atoms in total. The Morgan fingerprint density at radius 2 is 1.84 bits per heavy atom. The van der Waals surface area contributed by atoms with Crippen LogP contribution in [0.3, 0.4) is 0 Å². The zero-order valence-electron chi connectivity index (χ0n) is 14.1. The molecule has 3 rings (SSSR count). The molecule has 0 saturated heterocycles. The first-order chi connectivity index (χ1) is 12.0. The zero-order valence-corrected chi connectivity index (χ0v) is 14.9. The number of phenolic OH excluding ortho intramolecular Hbond substituents is 1. The molecule has 6 heteroatoms. The average molecular weight is 358 g/mol. The topological polar surface area (TPSA) is 68.9 Å². The van der Waals surface area contributed by atoms with Crippen molar-refractivity contribution < 1.29 is 19.0 Å². The molecule has 0 radical (unpaired) electrons. The van der Waals surface area contributed by atoms with Crippen molar-refractivity contribution in [1.29, 1.82) is 0 Å². The van der Waals surface area contributed by atoms with Gasteiger partial charge < -0.3 is 19.0 Å². The summed E-state index contributed by atoms with van der Waals surface area (Å²) in [6, 6.07) is 11.5. The Kier molecular flexibility index (Phi) is 4.90. The SMILES string of the molecule is COc1cc(OC(C)C)cc2oc(Sc3ccc(O)cc3)cc(=O)c12. The minimum atomic E-state index is -0.185. The van der Waals surface area contributed by atoms with E-state index >= 15 is 0 Å². The Balaban J connectivity index is 2.06. The van der Waals surface area contributed by atoms with E-state index in [1.807, 2.05) is 13.8 Å². The first-order valence-electron chi connectivity index (χ1n) is 7.75. The molecule has 0 aliphatic rings. The van der Waals surface area contributed by atoms with Crippen LogP contribution >= 0.6 is 11.8 Å². The quantitative estimate of drug-likeness (QED) is 0.727. The van der Waals surface area contributed by atoms with Crippen LogP contribution in [0.1, 0.15) is 13.8 Å². The summed E-state index contributed by atoms with van der Waals surface area (Å²) in [4.78, 5) is 13.4. The van der Waals surface area contributed by atoms with Crippen LogP contribution in [0.25, 0.3) is 11.0 Å². The van der Waals surface area contributed by atoms with Crippen LogP contribution in [0.5, 0.6) is 17.2 Å². The molecule has 130 valence electrons. The van der Waals surface area contributed by atoms with Gasteiger partial charge in [0.25, 0.3) is 0 Å². The first-order valence-corrected chi connectivity index (χ1v) is 8.57. The summed E-state index contributed by atoms with van der Waals surface area (Å²) in [7, 11) is 1.51. The number of ether oxygens (including phenoxy) is 2. The fourth-order valence-corrected chi connectivity index (χ4v) is 3.19. The van der Waals surface area contributed by atoms with Crippen LogP contribution in [0.15, 0.2) is 61.7 Å². The third kappa shape index (κ3) is 3.91. The van der Waals surface area contributed by atoms with E-state index in [-0.39, 0.29) is 17.3 Å². The maximum absolute atomic E-state index is 12.5. The maximum Gasteiger partial charge on any atom is 0.197 e. The predicted octanol–water partition coefficient (Wildman–Crippen LogP) is 4.45. The Morgan fingerprint density at radius 1 is 1.12 bits per heavy atom. The monoisotopic (exact) mass is 358 g/mol. The van der Waals surface area contributed by atoms with E-state index in [0.717, 1.165) is 4.90 Å². The minimum absolute atomic E-state index is 0.0107. The number of methoxy groups -OCH3 is 1. The summed E-state index contributed by atoms with van der Waals surface area (Å²) in [5, 5.41) is 10.2. The number of hydrogen-bond acceptors (Lipinski definition) is 6. The van der Waals surface area contributed by atoms with Gasteiger partial charge in [0.15, 0.2) is 10.5 Å². The molecule has 0 unspecified atom stereocenters. The molecule has 0 aliphatic heterocycles. The van der Waals surface area contributed by atoms with Gasteiger partial charge in [0.1, 0.15) is 28.2 Å². The molecule has 0 bridgehead atoms. The van der Waals surface area contributed by atoms with Gasteiger partial charge in [0.2, 0.25) is 0 Å². The van der Waals surface area contributed by atoms with E-state index in [1.54, 1.807) is 36.4 Å². The minimum Gasteiger partial charge on any atom is -0.508 e. The molecule has 0 aliphatic carbocycles. The average Bonchev–Trinajstić information content (AvgIpc) is 2.55. The van der Waals surface area contributed by atoms with E-state index in [9.17, 15) is 9.90 Å². The standard InChI is InChI=1S/C19H18O5S/c1-11(2)23-13-8-16(22-3)19-15(21)10-18(24-17(19)9-13)25-14-6-4-12(20)5-7-14/h4-11,20H,1-3H3.